The van der Waals surface area contributed by atoms with Gasteiger partial charge in [-0.25, -0.2) is 0 Å². The van der Waals surface area contributed by atoms with Crippen LogP contribution in [0.1, 0.15) is 38.8 Å². The average Bonchev–Trinajstić information content (AvgIpc) is 2.15. The van der Waals surface area contributed by atoms with Crippen LogP contribution in [0, 0.1) is 0 Å². The minimum absolute atomic E-state index is 0.524. The van der Waals surface area contributed by atoms with Crippen molar-refractivity contribution < 1.29 is 0 Å². The maximum atomic E-state index is 4.33. The van der Waals surface area contributed by atoms with Gasteiger partial charge in [-0.2, -0.15) is 0 Å². The van der Waals surface area contributed by atoms with Crippen molar-refractivity contribution in [2.75, 3.05) is 0 Å². The van der Waals surface area contributed by atoms with E-state index in [0.29, 0.717) is 5.92 Å². The van der Waals surface area contributed by atoms with Crippen LogP contribution in [0.5, 0.6) is 0 Å². The highest BCUT2D eigenvalue weighted by atomic mass is 14.7. The van der Waals surface area contributed by atoms with Gasteiger partial charge in [-0.15, -0.1) is 0 Å². The second kappa shape index (κ2) is 4.80. The molecule has 13 heavy (non-hydrogen) atoms. The van der Waals surface area contributed by atoms with Crippen LogP contribution in [-0.2, 0) is 0 Å². The molecule has 0 aliphatic carbocycles. The summed E-state index contributed by atoms with van der Waals surface area (Å²) in [6.45, 7) is 6.47. The Labute approximate surface area is 80.5 Å². The summed E-state index contributed by atoms with van der Waals surface area (Å²) in [5.41, 5.74) is 2.56. The lowest BCUT2D eigenvalue weighted by molar-refractivity contribution is 0.746. The fraction of sp³-hybridized carbons (Fsp3) is 0.417. The van der Waals surface area contributed by atoms with Gasteiger partial charge in [0, 0.05) is 17.8 Å². The maximum Gasteiger partial charge on any atom is 0.0434 e. The summed E-state index contributed by atoms with van der Waals surface area (Å²) in [4.78, 5) is 4.33. The van der Waals surface area contributed by atoms with Gasteiger partial charge in [0.2, 0.25) is 0 Å². The summed E-state index contributed by atoms with van der Waals surface area (Å²) in [7, 11) is 0. The van der Waals surface area contributed by atoms with Gasteiger partial charge in [0.1, 0.15) is 0 Å². The first-order valence-electron chi connectivity index (χ1n) is 4.74. The molecule has 0 spiro atoms. The zero-order chi connectivity index (χ0) is 9.68. The van der Waals surface area contributed by atoms with E-state index in [1.165, 1.54) is 11.3 Å². The number of allylic oxidation sites excluding steroid dienone is 2. The van der Waals surface area contributed by atoms with E-state index >= 15 is 0 Å². The molecule has 1 heteroatoms. The highest BCUT2D eigenvalue weighted by Gasteiger charge is 2.03. The van der Waals surface area contributed by atoms with E-state index in [-0.39, 0.29) is 0 Å². The van der Waals surface area contributed by atoms with Gasteiger partial charge in [0.15, 0.2) is 0 Å². The largest absolute Gasteiger partial charge is 0.261 e. The Bertz CT molecular complexity index is 270. The van der Waals surface area contributed by atoms with Crippen molar-refractivity contribution >= 4 is 0 Å². The second-order valence-electron chi connectivity index (χ2n) is 3.67. The van der Waals surface area contributed by atoms with E-state index in [2.05, 4.69) is 37.9 Å². The topological polar surface area (TPSA) is 12.9 Å². The quantitative estimate of drug-likeness (QED) is 0.640. The first kappa shape index (κ1) is 9.97. The molecule has 0 saturated carbocycles. The molecule has 1 rings (SSSR count). The smallest absolute Gasteiger partial charge is 0.0434 e. The van der Waals surface area contributed by atoms with Gasteiger partial charge < -0.3 is 0 Å². The molecule has 0 fully saturated rings. The van der Waals surface area contributed by atoms with Crippen molar-refractivity contribution in [2.24, 2.45) is 0 Å². The van der Waals surface area contributed by atoms with Crippen molar-refractivity contribution in [1.29, 1.82) is 0 Å². The predicted molar refractivity (Wildman–Crippen MR) is 56.7 cm³/mol. The highest BCUT2D eigenvalue weighted by molar-refractivity contribution is 5.10. The van der Waals surface area contributed by atoms with Gasteiger partial charge in [-0.05, 0) is 32.4 Å². The lowest BCUT2D eigenvalue weighted by Gasteiger charge is -2.07. The third kappa shape index (κ3) is 3.41. The van der Waals surface area contributed by atoms with Crippen LogP contribution in [0.25, 0.3) is 0 Å². The van der Waals surface area contributed by atoms with Crippen molar-refractivity contribution in [3.05, 3.63) is 41.7 Å². The molecular weight excluding hydrogens is 158 g/mol. The lowest BCUT2D eigenvalue weighted by Crippen LogP contribution is -1.94. The third-order valence-corrected chi connectivity index (χ3v) is 2.07. The van der Waals surface area contributed by atoms with E-state index in [9.17, 15) is 0 Å². The predicted octanol–water partition coefficient (Wildman–Crippen LogP) is 3.54. The van der Waals surface area contributed by atoms with Gasteiger partial charge in [-0.3, -0.25) is 4.98 Å². The number of aromatic nitrogens is 1. The summed E-state index contributed by atoms with van der Waals surface area (Å²) < 4.78 is 0. The highest BCUT2D eigenvalue weighted by Crippen LogP contribution is 2.17. The number of nitrogens with zero attached hydrogens (tertiary/aromatic N) is 1. The normalized spacial score (nSPS) is 12.2. The molecule has 1 atom stereocenters. The van der Waals surface area contributed by atoms with Crippen LogP contribution in [0.15, 0.2) is 36.0 Å². The fourth-order valence-corrected chi connectivity index (χ4v) is 1.20. The van der Waals surface area contributed by atoms with E-state index in [1.54, 1.807) is 0 Å². The van der Waals surface area contributed by atoms with Crippen LogP contribution < -0.4 is 0 Å². The molecule has 0 aromatic carbocycles. The van der Waals surface area contributed by atoms with Crippen LogP contribution in [-0.4, -0.2) is 4.98 Å². The molecule has 1 heterocycles. The maximum absolute atomic E-state index is 4.33. The van der Waals surface area contributed by atoms with E-state index in [1.807, 2.05) is 18.3 Å². The fourth-order valence-electron chi connectivity index (χ4n) is 1.20. The lowest BCUT2D eigenvalue weighted by atomic mass is 10.0. The second-order valence-corrected chi connectivity index (χ2v) is 3.67. The third-order valence-electron chi connectivity index (χ3n) is 2.07. The van der Waals surface area contributed by atoms with Crippen LogP contribution in [0.3, 0.4) is 0 Å². The minimum atomic E-state index is 0.524. The van der Waals surface area contributed by atoms with Crippen LogP contribution in [0.2, 0.25) is 0 Å². The average molecular weight is 175 g/mol. The van der Waals surface area contributed by atoms with E-state index in [0.717, 1.165) is 6.42 Å². The molecule has 0 saturated heterocycles. The van der Waals surface area contributed by atoms with Crippen molar-refractivity contribution in [3.63, 3.8) is 0 Å². The zero-order valence-corrected chi connectivity index (χ0v) is 8.62. The Morgan fingerprint density at radius 2 is 2.23 bits per heavy atom. The van der Waals surface area contributed by atoms with E-state index in [4.69, 9.17) is 0 Å². The van der Waals surface area contributed by atoms with E-state index < -0.39 is 0 Å². The Morgan fingerprint density at radius 1 is 1.46 bits per heavy atom. The van der Waals surface area contributed by atoms with Crippen molar-refractivity contribution in [3.8, 4) is 0 Å². The standard InChI is InChI=1S/C12H17N/c1-10(2)7-8-11(3)12-6-4-5-9-13-12/h4-7,9,11H,8H2,1-3H3. The molecule has 0 aliphatic rings. The Hall–Kier alpha value is -1.11. The molecule has 70 valence electrons. The van der Waals surface area contributed by atoms with Crippen molar-refractivity contribution in [2.45, 2.75) is 33.1 Å². The van der Waals surface area contributed by atoms with Crippen LogP contribution in [0.4, 0.5) is 0 Å². The summed E-state index contributed by atoms with van der Waals surface area (Å²) >= 11 is 0. The molecule has 0 amide bonds. The summed E-state index contributed by atoms with van der Waals surface area (Å²) in [5, 5.41) is 0. The molecule has 0 radical (unpaired) electrons. The summed E-state index contributed by atoms with van der Waals surface area (Å²) in [6, 6.07) is 6.09. The number of rotatable bonds is 3. The summed E-state index contributed by atoms with van der Waals surface area (Å²) in [6.07, 6.45) is 5.20. The number of hydrogen-bond donors (Lipinski definition) is 0. The minimum Gasteiger partial charge on any atom is -0.261 e. The molecule has 0 N–H and O–H groups in total. The molecule has 0 bridgehead atoms. The SMILES string of the molecule is CC(C)=CCC(C)c1ccccn1. The van der Waals surface area contributed by atoms with Crippen molar-refractivity contribution in [1.82, 2.24) is 4.98 Å². The Morgan fingerprint density at radius 3 is 2.77 bits per heavy atom. The van der Waals surface area contributed by atoms with Crippen LogP contribution >= 0.6 is 0 Å². The van der Waals surface area contributed by atoms with Gasteiger partial charge in [0.05, 0.1) is 0 Å². The zero-order valence-electron chi connectivity index (χ0n) is 8.62. The first-order valence-corrected chi connectivity index (χ1v) is 4.74. The summed E-state index contributed by atoms with van der Waals surface area (Å²) in [5.74, 6) is 0.524. The number of hydrogen-bond acceptors (Lipinski definition) is 1. The molecule has 1 aromatic heterocycles. The van der Waals surface area contributed by atoms with Gasteiger partial charge in [-0.1, -0.05) is 24.6 Å². The Balaban J connectivity index is 2.59. The molecule has 1 nitrogen and oxygen atoms in total. The molecular formula is C12H17N. The van der Waals surface area contributed by atoms with Gasteiger partial charge in [0.25, 0.3) is 0 Å². The molecule has 0 aliphatic heterocycles. The first-order chi connectivity index (χ1) is 6.20. The molecule has 1 aromatic rings. The Kier molecular flexibility index (Phi) is 3.69. The molecule has 1 unspecified atom stereocenters. The number of pyridine rings is 1. The van der Waals surface area contributed by atoms with Gasteiger partial charge >= 0.3 is 0 Å². The monoisotopic (exact) mass is 175 g/mol.